The first-order chi connectivity index (χ1) is 9.45. The number of sulfonamides is 1. The van der Waals surface area contributed by atoms with E-state index in [4.69, 9.17) is 0 Å². The van der Waals surface area contributed by atoms with Gasteiger partial charge in [-0.1, -0.05) is 0 Å². The summed E-state index contributed by atoms with van der Waals surface area (Å²) in [5.74, 6) is 0. The van der Waals surface area contributed by atoms with E-state index in [0.717, 1.165) is 18.5 Å². The summed E-state index contributed by atoms with van der Waals surface area (Å²) in [5, 5.41) is 3.00. The minimum absolute atomic E-state index is 0.300. The van der Waals surface area contributed by atoms with Crippen LogP contribution in [0, 0.1) is 0 Å². The quantitative estimate of drug-likeness (QED) is 0.828. The minimum atomic E-state index is -3.38. The van der Waals surface area contributed by atoms with E-state index in [1.165, 1.54) is 0 Å². The largest absolute Gasteiger partial charge is 0.363 e. The second-order valence-corrected chi connectivity index (χ2v) is 7.45. The van der Waals surface area contributed by atoms with E-state index in [9.17, 15) is 8.42 Å². The van der Waals surface area contributed by atoms with Gasteiger partial charge in [0, 0.05) is 37.6 Å². The number of aromatic nitrogens is 1. The summed E-state index contributed by atoms with van der Waals surface area (Å²) in [6, 6.07) is 2.01. The van der Waals surface area contributed by atoms with Crippen molar-refractivity contribution < 1.29 is 8.42 Å². The molecule has 1 saturated heterocycles. The molecule has 0 amide bonds. The summed E-state index contributed by atoms with van der Waals surface area (Å²) in [4.78, 5) is 5.47. The highest BCUT2D eigenvalue weighted by molar-refractivity contribution is 7.89. The number of hydrogen-bond donors (Lipinski definition) is 2. The summed E-state index contributed by atoms with van der Waals surface area (Å²) in [5.41, 5.74) is 0.882. The summed E-state index contributed by atoms with van der Waals surface area (Å²) in [6.45, 7) is 1.82. The molecule has 0 bridgehead atoms. The van der Waals surface area contributed by atoms with Crippen molar-refractivity contribution in [2.45, 2.75) is 30.3 Å². The number of nitrogens with zero attached hydrogens (tertiary/aromatic N) is 2. The van der Waals surface area contributed by atoms with Crippen molar-refractivity contribution in [1.82, 2.24) is 19.5 Å². The van der Waals surface area contributed by atoms with Crippen molar-refractivity contribution in [3.05, 3.63) is 18.0 Å². The van der Waals surface area contributed by atoms with Gasteiger partial charge >= 0.3 is 0 Å². The lowest BCUT2D eigenvalue weighted by atomic mass is 10.1. The number of rotatable bonds is 5. The van der Waals surface area contributed by atoms with Gasteiger partial charge < -0.3 is 15.2 Å². The van der Waals surface area contributed by atoms with Crippen molar-refractivity contribution in [3.63, 3.8) is 0 Å². The third kappa shape index (κ3) is 3.22. The lowest BCUT2D eigenvalue weighted by Gasteiger charge is -2.35. The van der Waals surface area contributed by atoms with Gasteiger partial charge in [-0.3, -0.25) is 0 Å². The molecule has 0 radical (unpaired) electrons. The average Bonchev–Trinajstić information content (AvgIpc) is 2.88. The predicted octanol–water partition coefficient (Wildman–Crippen LogP) is 0.449. The SMILES string of the molecule is CNCc1cc(S(=O)(=O)N2CCCC(N(C)C)C2)c[nH]1. The fourth-order valence-electron chi connectivity index (χ4n) is 2.57. The molecule has 2 heterocycles. The van der Waals surface area contributed by atoms with Gasteiger partial charge in [0.05, 0.1) is 4.90 Å². The standard InChI is InChI=1S/C13H24N4O2S/c1-14-8-11-7-13(9-15-11)20(18,19)17-6-4-5-12(10-17)16(2)3/h7,9,12,14-15H,4-6,8,10H2,1-3H3. The van der Waals surface area contributed by atoms with Crippen molar-refractivity contribution >= 4 is 10.0 Å². The Bertz CT molecular complexity index is 538. The zero-order valence-corrected chi connectivity index (χ0v) is 13.2. The molecule has 0 aromatic carbocycles. The predicted molar refractivity (Wildman–Crippen MR) is 79.0 cm³/mol. The molecule has 0 spiro atoms. The Kier molecular flexibility index (Phi) is 4.85. The molecule has 1 aliphatic rings. The normalized spacial score (nSPS) is 21.5. The summed E-state index contributed by atoms with van der Waals surface area (Å²) in [7, 11) is 2.46. The molecule has 1 fully saturated rings. The highest BCUT2D eigenvalue weighted by atomic mass is 32.2. The second-order valence-electron chi connectivity index (χ2n) is 5.51. The van der Waals surface area contributed by atoms with Gasteiger partial charge in [-0.25, -0.2) is 8.42 Å². The maximum absolute atomic E-state index is 12.6. The van der Waals surface area contributed by atoms with E-state index >= 15 is 0 Å². The number of nitrogens with one attached hydrogen (secondary N) is 2. The van der Waals surface area contributed by atoms with Crippen LogP contribution in [-0.4, -0.2) is 62.9 Å². The van der Waals surface area contributed by atoms with Crippen LogP contribution in [0.4, 0.5) is 0 Å². The van der Waals surface area contributed by atoms with E-state index in [2.05, 4.69) is 15.2 Å². The van der Waals surface area contributed by atoms with E-state index < -0.39 is 10.0 Å². The Morgan fingerprint density at radius 3 is 2.90 bits per heavy atom. The molecule has 1 aromatic heterocycles. The van der Waals surface area contributed by atoms with Crippen LogP contribution in [0.25, 0.3) is 0 Å². The summed E-state index contributed by atoms with van der Waals surface area (Å²) in [6.07, 6.45) is 3.55. The molecule has 1 aromatic rings. The number of hydrogen-bond acceptors (Lipinski definition) is 4. The molecule has 20 heavy (non-hydrogen) atoms. The zero-order valence-electron chi connectivity index (χ0n) is 12.4. The smallest absolute Gasteiger partial charge is 0.244 e. The molecule has 114 valence electrons. The third-order valence-electron chi connectivity index (χ3n) is 3.81. The van der Waals surface area contributed by atoms with Gasteiger partial charge in [-0.05, 0) is 40.1 Å². The highest BCUT2D eigenvalue weighted by Crippen LogP contribution is 2.22. The Labute approximate surface area is 121 Å². The first-order valence-corrected chi connectivity index (χ1v) is 8.37. The van der Waals surface area contributed by atoms with Crippen LogP contribution < -0.4 is 5.32 Å². The fourth-order valence-corrected chi connectivity index (χ4v) is 4.11. The Morgan fingerprint density at radius 1 is 1.50 bits per heavy atom. The Morgan fingerprint density at radius 2 is 2.25 bits per heavy atom. The molecule has 1 aliphatic heterocycles. The van der Waals surface area contributed by atoms with Crippen molar-refractivity contribution in [2.75, 3.05) is 34.2 Å². The molecular weight excluding hydrogens is 276 g/mol. The van der Waals surface area contributed by atoms with Gasteiger partial charge in [-0.15, -0.1) is 0 Å². The van der Waals surface area contributed by atoms with Crippen molar-refractivity contribution in [3.8, 4) is 0 Å². The van der Waals surface area contributed by atoms with Crippen molar-refractivity contribution in [1.29, 1.82) is 0 Å². The minimum Gasteiger partial charge on any atom is -0.363 e. The number of piperidine rings is 1. The topological polar surface area (TPSA) is 68.4 Å². The highest BCUT2D eigenvalue weighted by Gasteiger charge is 2.31. The molecule has 1 atom stereocenters. The lowest BCUT2D eigenvalue weighted by Crippen LogP contribution is -2.47. The van der Waals surface area contributed by atoms with Gasteiger partial charge in [0.1, 0.15) is 0 Å². The fraction of sp³-hybridized carbons (Fsp3) is 0.692. The van der Waals surface area contributed by atoms with Crippen LogP contribution in [0.15, 0.2) is 17.2 Å². The van der Waals surface area contributed by atoms with Crippen molar-refractivity contribution in [2.24, 2.45) is 0 Å². The number of H-pyrrole nitrogens is 1. The van der Waals surface area contributed by atoms with Crippen LogP contribution in [0.3, 0.4) is 0 Å². The van der Waals surface area contributed by atoms with Gasteiger partial charge in [-0.2, -0.15) is 4.31 Å². The van der Waals surface area contributed by atoms with Crippen LogP contribution in [0.1, 0.15) is 18.5 Å². The van der Waals surface area contributed by atoms with E-state index in [1.54, 1.807) is 16.6 Å². The Hall–Kier alpha value is -0.890. The molecule has 7 heteroatoms. The van der Waals surface area contributed by atoms with E-state index in [1.807, 2.05) is 21.1 Å². The Balaban J connectivity index is 2.16. The van der Waals surface area contributed by atoms with Crippen LogP contribution in [-0.2, 0) is 16.6 Å². The monoisotopic (exact) mass is 300 g/mol. The van der Waals surface area contributed by atoms with Gasteiger partial charge in [0.25, 0.3) is 0 Å². The molecule has 1 unspecified atom stereocenters. The van der Waals surface area contributed by atoms with E-state index in [-0.39, 0.29) is 0 Å². The first-order valence-electron chi connectivity index (χ1n) is 6.93. The van der Waals surface area contributed by atoms with Crippen LogP contribution in [0.5, 0.6) is 0 Å². The lowest BCUT2D eigenvalue weighted by molar-refractivity contribution is 0.190. The molecule has 6 nitrogen and oxygen atoms in total. The molecular formula is C13H24N4O2S. The maximum Gasteiger partial charge on any atom is 0.244 e. The molecule has 2 rings (SSSR count). The summed E-state index contributed by atoms with van der Waals surface area (Å²) >= 11 is 0. The molecule has 0 aliphatic carbocycles. The van der Waals surface area contributed by atoms with E-state index in [0.29, 0.717) is 30.6 Å². The average molecular weight is 300 g/mol. The molecule has 2 N–H and O–H groups in total. The van der Waals surface area contributed by atoms with Gasteiger partial charge in [0.2, 0.25) is 10.0 Å². The molecule has 0 saturated carbocycles. The van der Waals surface area contributed by atoms with Crippen LogP contribution >= 0.6 is 0 Å². The summed E-state index contributed by atoms with van der Waals surface area (Å²) < 4.78 is 26.9. The second kappa shape index (κ2) is 6.26. The van der Waals surface area contributed by atoms with Gasteiger partial charge in [0.15, 0.2) is 0 Å². The first kappa shape index (κ1) is 15.5. The number of likely N-dealkylation sites (N-methyl/N-ethyl adjacent to an activating group) is 1. The number of aromatic amines is 1. The van der Waals surface area contributed by atoms with Crippen LogP contribution in [0.2, 0.25) is 0 Å². The maximum atomic E-state index is 12.6. The zero-order chi connectivity index (χ0) is 14.8. The third-order valence-corrected chi connectivity index (χ3v) is 5.65.